The molecule has 0 aliphatic rings. The van der Waals surface area contributed by atoms with Crippen LogP contribution in [0.5, 0.6) is 0 Å². The topological polar surface area (TPSA) is 95.5 Å². The maximum absolute atomic E-state index is 10.9. The third kappa shape index (κ3) is 5.75. The highest BCUT2D eigenvalue weighted by molar-refractivity contribution is 8.10. The number of nitrogens with zero attached hydrogens (tertiary/aromatic N) is 2. The first-order valence-electron chi connectivity index (χ1n) is 6.88. The minimum Gasteiger partial charge on any atom is -0.258 e. The van der Waals surface area contributed by atoms with Crippen LogP contribution in [0.4, 0.5) is 11.4 Å². The van der Waals surface area contributed by atoms with Crippen LogP contribution >= 0.6 is 24.1 Å². The molecular formula is C16H12N2O5S2. The molecule has 0 unspecified atom stereocenters. The molecule has 0 fully saturated rings. The van der Waals surface area contributed by atoms with Crippen LogP contribution in [0.2, 0.25) is 0 Å². The smallest absolute Gasteiger partial charge is 0.258 e. The zero-order valence-corrected chi connectivity index (χ0v) is 14.3. The summed E-state index contributed by atoms with van der Waals surface area (Å²) in [6, 6.07) is 12.7. The number of para-hydroxylation sites is 2. The SMILES string of the molecule is O=[N+]([O-])c1ccccc1C=CSOSC=Cc1ccccc1[N+](=O)[O-]. The zero-order valence-electron chi connectivity index (χ0n) is 12.7. The number of rotatable bonds is 8. The highest BCUT2D eigenvalue weighted by atomic mass is 32.2. The van der Waals surface area contributed by atoms with E-state index in [0.717, 1.165) is 24.1 Å². The quantitative estimate of drug-likeness (QED) is 0.261. The van der Waals surface area contributed by atoms with Gasteiger partial charge in [0.1, 0.15) is 0 Å². The minimum atomic E-state index is -0.449. The number of nitro groups is 2. The van der Waals surface area contributed by atoms with E-state index in [2.05, 4.69) is 0 Å². The molecule has 0 saturated carbocycles. The number of hydrogen-bond donors (Lipinski definition) is 0. The van der Waals surface area contributed by atoms with E-state index in [1.807, 2.05) is 0 Å². The van der Waals surface area contributed by atoms with Crippen LogP contribution in [-0.2, 0) is 3.63 Å². The average molecular weight is 376 g/mol. The van der Waals surface area contributed by atoms with Crippen LogP contribution < -0.4 is 0 Å². The summed E-state index contributed by atoms with van der Waals surface area (Å²) < 4.78 is 5.20. The Morgan fingerprint density at radius 1 is 0.760 bits per heavy atom. The monoisotopic (exact) mass is 376 g/mol. The van der Waals surface area contributed by atoms with Crippen molar-refractivity contribution in [1.29, 1.82) is 0 Å². The lowest BCUT2D eigenvalue weighted by atomic mass is 10.2. The molecule has 25 heavy (non-hydrogen) atoms. The van der Waals surface area contributed by atoms with E-state index in [0.29, 0.717) is 11.1 Å². The Kier molecular flexibility index (Phi) is 7.20. The Morgan fingerprint density at radius 3 is 1.56 bits per heavy atom. The molecule has 0 bridgehead atoms. The molecule has 128 valence electrons. The molecule has 2 rings (SSSR count). The summed E-state index contributed by atoms with van der Waals surface area (Å²) >= 11 is 1.98. The molecule has 0 aromatic heterocycles. The predicted octanol–water partition coefficient (Wildman–Crippen LogP) is 5.46. The van der Waals surface area contributed by atoms with E-state index in [1.165, 1.54) is 12.1 Å². The molecule has 0 atom stereocenters. The predicted molar refractivity (Wildman–Crippen MR) is 101 cm³/mol. The van der Waals surface area contributed by atoms with Gasteiger partial charge >= 0.3 is 0 Å². The van der Waals surface area contributed by atoms with Crippen molar-refractivity contribution in [3.05, 3.63) is 90.7 Å². The van der Waals surface area contributed by atoms with Crippen molar-refractivity contribution in [3.8, 4) is 0 Å². The highest BCUT2D eigenvalue weighted by Crippen LogP contribution is 2.24. The van der Waals surface area contributed by atoms with Crippen molar-refractivity contribution < 1.29 is 13.5 Å². The van der Waals surface area contributed by atoms with Crippen molar-refractivity contribution in [2.45, 2.75) is 0 Å². The minimum absolute atomic E-state index is 0.0169. The molecule has 7 nitrogen and oxygen atoms in total. The highest BCUT2D eigenvalue weighted by Gasteiger charge is 2.09. The van der Waals surface area contributed by atoms with Gasteiger partial charge in [0.15, 0.2) is 0 Å². The molecule has 0 spiro atoms. The van der Waals surface area contributed by atoms with Gasteiger partial charge in [-0.2, -0.15) is 0 Å². The Labute approximate surface area is 152 Å². The van der Waals surface area contributed by atoms with E-state index in [1.54, 1.807) is 59.4 Å². The molecule has 9 heteroatoms. The second-order valence-corrected chi connectivity index (χ2v) is 5.97. The molecule has 0 N–H and O–H groups in total. The molecular weight excluding hydrogens is 364 g/mol. The van der Waals surface area contributed by atoms with E-state index < -0.39 is 9.85 Å². The van der Waals surface area contributed by atoms with Crippen LogP contribution in [-0.4, -0.2) is 9.85 Å². The van der Waals surface area contributed by atoms with Gasteiger partial charge in [-0.25, -0.2) is 3.63 Å². The standard InChI is InChI=1S/C16H12N2O5S2/c19-17(20)15-7-3-1-5-13(15)9-11-24-23-25-12-10-14-6-2-4-8-16(14)18(21)22/h1-12H. The first-order chi connectivity index (χ1) is 12.1. The van der Waals surface area contributed by atoms with Crippen molar-refractivity contribution >= 4 is 47.6 Å². The third-order valence-electron chi connectivity index (χ3n) is 2.95. The largest absolute Gasteiger partial charge is 0.276 e. The van der Waals surface area contributed by atoms with Crippen molar-refractivity contribution in [2.75, 3.05) is 0 Å². The van der Waals surface area contributed by atoms with Gasteiger partial charge in [0, 0.05) is 47.0 Å². The lowest BCUT2D eigenvalue weighted by molar-refractivity contribution is -0.385. The fourth-order valence-corrected chi connectivity index (χ4v) is 2.81. The van der Waals surface area contributed by atoms with E-state index in [4.69, 9.17) is 3.63 Å². The number of nitro benzene ring substituents is 2. The van der Waals surface area contributed by atoms with E-state index in [9.17, 15) is 20.2 Å². The first kappa shape index (κ1) is 18.7. The van der Waals surface area contributed by atoms with E-state index in [-0.39, 0.29) is 11.4 Å². The van der Waals surface area contributed by atoms with Crippen LogP contribution in [0.15, 0.2) is 59.3 Å². The zero-order chi connectivity index (χ0) is 18.1. The Bertz CT molecular complexity index is 756. The maximum atomic E-state index is 10.9. The summed E-state index contributed by atoms with van der Waals surface area (Å²) in [6.45, 7) is 0. The summed E-state index contributed by atoms with van der Waals surface area (Å²) in [4.78, 5) is 20.9. The summed E-state index contributed by atoms with van der Waals surface area (Å²) in [5.74, 6) is 0. The number of benzene rings is 2. The van der Waals surface area contributed by atoms with Gasteiger partial charge in [-0.3, -0.25) is 20.2 Å². The lowest BCUT2D eigenvalue weighted by Crippen LogP contribution is -1.90. The normalized spacial score (nSPS) is 11.2. The molecule has 0 heterocycles. The van der Waals surface area contributed by atoms with Gasteiger partial charge in [0.2, 0.25) is 0 Å². The van der Waals surface area contributed by atoms with Gasteiger partial charge in [0.25, 0.3) is 11.4 Å². The van der Waals surface area contributed by atoms with Gasteiger partial charge in [-0.05, 0) is 24.3 Å². The molecule has 2 aromatic rings. The van der Waals surface area contributed by atoms with Crippen LogP contribution in [0.3, 0.4) is 0 Å². The van der Waals surface area contributed by atoms with Gasteiger partial charge < -0.3 is 0 Å². The van der Waals surface area contributed by atoms with Crippen molar-refractivity contribution in [3.63, 3.8) is 0 Å². The molecule has 0 radical (unpaired) electrons. The first-order valence-corrected chi connectivity index (χ1v) is 8.49. The maximum Gasteiger partial charge on any atom is 0.276 e. The fraction of sp³-hybridized carbons (Fsp3) is 0. The summed E-state index contributed by atoms with van der Waals surface area (Å²) in [7, 11) is 0. The lowest BCUT2D eigenvalue weighted by Gasteiger charge is -1.97. The summed E-state index contributed by atoms with van der Waals surface area (Å²) in [6.07, 6.45) is 3.16. The summed E-state index contributed by atoms with van der Waals surface area (Å²) in [5, 5.41) is 24.9. The molecule has 0 saturated heterocycles. The second-order valence-electron chi connectivity index (χ2n) is 4.50. The van der Waals surface area contributed by atoms with Gasteiger partial charge in [-0.15, -0.1) is 0 Å². The molecule has 0 amide bonds. The van der Waals surface area contributed by atoms with Crippen LogP contribution in [0.25, 0.3) is 12.2 Å². The van der Waals surface area contributed by atoms with Gasteiger partial charge in [-0.1, -0.05) is 24.3 Å². The number of hydrogen-bond acceptors (Lipinski definition) is 7. The average Bonchev–Trinajstić information content (AvgIpc) is 2.61. The van der Waals surface area contributed by atoms with Gasteiger partial charge in [0.05, 0.1) is 21.0 Å². The van der Waals surface area contributed by atoms with Crippen molar-refractivity contribution in [2.24, 2.45) is 0 Å². The van der Waals surface area contributed by atoms with Crippen LogP contribution in [0.1, 0.15) is 11.1 Å². The van der Waals surface area contributed by atoms with Crippen molar-refractivity contribution in [1.82, 2.24) is 0 Å². The Balaban J connectivity index is 1.85. The second kappa shape index (κ2) is 9.62. The molecule has 0 aliphatic heterocycles. The summed E-state index contributed by atoms with van der Waals surface area (Å²) in [5.41, 5.74) is 0.986. The Morgan fingerprint density at radius 2 is 1.16 bits per heavy atom. The Hall–Kier alpha value is -2.62. The molecule has 2 aromatic carbocycles. The van der Waals surface area contributed by atoms with E-state index >= 15 is 0 Å². The molecule has 0 aliphatic carbocycles. The van der Waals surface area contributed by atoms with Crippen LogP contribution in [0, 0.1) is 20.2 Å². The fourth-order valence-electron chi connectivity index (χ4n) is 1.86. The third-order valence-corrected chi connectivity index (χ3v) is 4.07.